The summed E-state index contributed by atoms with van der Waals surface area (Å²) in [6, 6.07) is 11.7. The number of aryl methyl sites for hydroxylation is 1. The van der Waals surface area contributed by atoms with Crippen LogP contribution >= 0.6 is 23.2 Å². The Morgan fingerprint density at radius 1 is 1.11 bits per heavy atom. The average molecular weight is 418 g/mol. The number of ketones is 1. The van der Waals surface area contributed by atoms with Gasteiger partial charge in [0.15, 0.2) is 11.6 Å². The van der Waals surface area contributed by atoms with Gasteiger partial charge in [-0.25, -0.2) is 0 Å². The first kappa shape index (κ1) is 20.0. The van der Waals surface area contributed by atoms with Gasteiger partial charge >= 0.3 is 0 Å². The van der Waals surface area contributed by atoms with Gasteiger partial charge in [-0.15, -0.1) is 10.2 Å². The lowest BCUT2D eigenvalue weighted by Gasteiger charge is -2.14. The molecular weight excluding hydrogens is 401 g/mol. The van der Waals surface area contributed by atoms with Gasteiger partial charge in [0.1, 0.15) is 5.82 Å². The van der Waals surface area contributed by atoms with Crippen LogP contribution in [0.15, 0.2) is 42.5 Å². The van der Waals surface area contributed by atoms with Crippen LogP contribution in [0, 0.1) is 6.92 Å². The van der Waals surface area contributed by atoms with Crippen LogP contribution in [0.1, 0.15) is 27.6 Å². The van der Waals surface area contributed by atoms with E-state index in [9.17, 15) is 9.59 Å². The monoisotopic (exact) mass is 417 g/mol. The van der Waals surface area contributed by atoms with Crippen molar-refractivity contribution in [3.8, 4) is 5.69 Å². The number of hydrogen-bond acceptors (Lipinski definition) is 5. The van der Waals surface area contributed by atoms with Crippen LogP contribution in [0.4, 0.5) is 0 Å². The number of nitrogens with zero attached hydrogens (tertiary/aromatic N) is 3. The Kier molecular flexibility index (Phi) is 6.08. The lowest BCUT2D eigenvalue weighted by atomic mass is 10.0. The van der Waals surface area contributed by atoms with Gasteiger partial charge in [0.2, 0.25) is 5.91 Å². The Morgan fingerprint density at radius 3 is 2.57 bits per heavy atom. The van der Waals surface area contributed by atoms with Crippen molar-refractivity contribution in [1.29, 1.82) is 0 Å². The highest BCUT2D eigenvalue weighted by Crippen LogP contribution is 2.27. The molecule has 2 aromatic carbocycles. The molecule has 3 N–H and O–H groups in total. The van der Waals surface area contributed by atoms with Crippen molar-refractivity contribution in [1.82, 2.24) is 20.1 Å². The van der Waals surface area contributed by atoms with Gasteiger partial charge in [-0.05, 0) is 37.3 Å². The fourth-order valence-corrected chi connectivity index (χ4v) is 3.15. The Labute approximate surface area is 171 Å². The number of carbonyl (C=O) groups is 2. The molecule has 1 amide bonds. The smallest absolute Gasteiger partial charge is 0.234 e. The standard InChI is InChI=1S/C19H17Cl2N5O2/c1-11-24-25-17(10-23-18(27)9-22)26(11)16-7-6-12(20)8-14(16)19(28)13-4-2-3-5-15(13)21/h2-8H,9-10,22H2,1H3,(H,23,27). The van der Waals surface area contributed by atoms with Crippen LogP contribution in [0.25, 0.3) is 5.69 Å². The van der Waals surface area contributed by atoms with E-state index < -0.39 is 0 Å². The van der Waals surface area contributed by atoms with Crippen molar-refractivity contribution in [2.24, 2.45) is 5.73 Å². The van der Waals surface area contributed by atoms with E-state index in [0.717, 1.165) is 0 Å². The second-order valence-corrected chi connectivity index (χ2v) is 6.79. The lowest BCUT2D eigenvalue weighted by molar-refractivity contribution is -0.119. The zero-order valence-corrected chi connectivity index (χ0v) is 16.5. The Morgan fingerprint density at radius 2 is 1.86 bits per heavy atom. The maximum atomic E-state index is 13.2. The molecule has 7 nitrogen and oxygen atoms in total. The highest BCUT2D eigenvalue weighted by molar-refractivity contribution is 6.35. The summed E-state index contributed by atoms with van der Waals surface area (Å²) in [5, 5.41) is 11.6. The second kappa shape index (κ2) is 8.52. The molecule has 0 unspecified atom stereocenters. The number of halogens is 2. The molecule has 9 heteroatoms. The molecule has 1 heterocycles. The first-order valence-electron chi connectivity index (χ1n) is 8.39. The van der Waals surface area contributed by atoms with Crippen molar-refractivity contribution < 1.29 is 9.59 Å². The zero-order valence-electron chi connectivity index (χ0n) is 14.9. The molecule has 1 aromatic heterocycles. The topological polar surface area (TPSA) is 103 Å². The summed E-state index contributed by atoms with van der Waals surface area (Å²) >= 11 is 12.4. The van der Waals surface area contributed by atoms with E-state index in [-0.39, 0.29) is 24.8 Å². The van der Waals surface area contributed by atoms with E-state index in [0.29, 0.717) is 38.5 Å². The highest BCUT2D eigenvalue weighted by atomic mass is 35.5. The molecule has 144 valence electrons. The molecule has 0 fully saturated rings. The van der Waals surface area contributed by atoms with E-state index >= 15 is 0 Å². The third-order valence-electron chi connectivity index (χ3n) is 4.08. The SMILES string of the molecule is Cc1nnc(CNC(=O)CN)n1-c1ccc(Cl)cc1C(=O)c1ccccc1Cl. The van der Waals surface area contributed by atoms with E-state index in [1.807, 2.05) is 0 Å². The Hall–Kier alpha value is -2.74. The highest BCUT2D eigenvalue weighted by Gasteiger charge is 2.21. The van der Waals surface area contributed by atoms with Crippen LogP contribution in [0.2, 0.25) is 10.0 Å². The molecule has 0 aliphatic carbocycles. The van der Waals surface area contributed by atoms with E-state index in [2.05, 4.69) is 15.5 Å². The molecule has 0 bridgehead atoms. The van der Waals surface area contributed by atoms with Gasteiger partial charge in [0.25, 0.3) is 0 Å². The van der Waals surface area contributed by atoms with Gasteiger partial charge in [-0.3, -0.25) is 14.2 Å². The third kappa shape index (κ3) is 4.06. The van der Waals surface area contributed by atoms with Gasteiger partial charge in [-0.1, -0.05) is 35.3 Å². The molecular formula is C19H17Cl2N5O2. The number of nitrogens with two attached hydrogens (primary N) is 1. The van der Waals surface area contributed by atoms with Crippen LogP contribution in [0.5, 0.6) is 0 Å². The molecule has 28 heavy (non-hydrogen) atoms. The predicted octanol–water partition coefficient (Wildman–Crippen LogP) is 2.69. The molecule has 3 rings (SSSR count). The molecule has 0 aliphatic heterocycles. The predicted molar refractivity (Wildman–Crippen MR) is 107 cm³/mol. The van der Waals surface area contributed by atoms with Gasteiger partial charge in [-0.2, -0.15) is 0 Å². The van der Waals surface area contributed by atoms with Crippen molar-refractivity contribution >= 4 is 34.9 Å². The van der Waals surface area contributed by atoms with Crippen LogP contribution in [-0.2, 0) is 11.3 Å². The minimum Gasteiger partial charge on any atom is -0.348 e. The molecule has 0 aliphatic rings. The van der Waals surface area contributed by atoms with Crippen molar-refractivity contribution in [3.63, 3.8) is 0 Å². The van der Waals surface area contributed by atoms with Gasteiger partial charge in [0, 0.05) is 16.1 Å². The van der Waals surface area contributed by atoms with Crippen LogP contribution in [-0.4, -0.2) is 33.0 Å². The van der Waals surface area contributed by atoms with E-state index in [1.54, 1.807) is 54.0 Å². The van der Waals surface area contributed by atoms with Crippen LogP contribution < -0.4 is 11.1 Å². The summed E-state index contributed by atoms with van der Waals surface area (Å²) < 4.78 is 1.69. The average Bonchev–Trinajstić information content (AvgIpc) is 3.06. The summed E-state index contributed by atoms with van der Waals surface area (Å²) in [7, 11) is 0. The fourth-order valence-electron chi connectivity index (χ4n) is 2.76. The molecule has 0 spiro atoms. The number of hydrogen-bond donors (Lipinski definition) is 2. The first-order valence-corrected chi connectivity index (χ1v) is 9.14. The number of nitrogens with one attached hydrogen (secondary N) is 1. The summed E-state index contributed by atoms with van der Waals surface area (Å²) in [6.07, 6.45) is 0. The quantitative estimate of drug-likeness (QED) is 0.600. The van der Waals surface area contributed by atoms with Crippen LogP contribution in [0.3, 0.4) is 0 Å². The molecule has 0 radical (unpaired) electrons. The molecule has 0 atom stereocenters. The maximum Gasteiger partial charge on any atom is 0.234 e. The van der Waals surface area contributed by atoms with E-state index in [1.165, 1.54) is 0 Å². The number of amides is 1. The number of benzene rings is 2. The minimum atomic E-state index is -0.323. The number of carbonyl (C=O) groups excluding carboxylic acids is 2. The Balaban J connectivity index is 2.10. The Bertz CT molecular complexity index is 1050. The second-order valence-electron chi connectivity index (χ2n) is 5.95. The van der Waals surface area contributed by atoms with Gasteiger partial charge < -0.3 is 11.1 Å². The van der Waals surface area contributed by atoms with Gasteiger partial charge in [0.05, 0.1) is 23.8 Å². The molecule has 0 saturated carbocycles. The fraction of sp³-hybridized carbons (Fsp3) is 0.158. The maximum absolute atomic E-state index is 13.2. The number of rotatable bonds is 6. The third-order valence-corrected chi connectivity index (χ3v) is 4.65. The summed E-state index contributed by atoms with van der Waals surface area (Å²) in [6.45, 7) is 1.73. The summed E-state index contributed by atoms with van der Waals surface area (Å²) in [4.78, 5) is 24.7. The summed E-state index contributed by atoms with van der Waals surface area (Å²) in [5.41, 5.74) is 6.56. The summed E-state index contributed by atoms with van der Waals surface area (Å²) in [5.74, 6) is 0.395. The molecule has 3 aromatic rings. The largest absolute Gasteiger partial charge is 0.348 e. The van der Waals surface area contributed by atoms with Crippen molar-refractivity contribution in [2.75, 3.05) is 6.54 Å². The van der Waals surface area contributed by atoms with Crippen molar-refractivity contribution in [2.45, 2.75) is 13.5 Å². The van der Waals surface area contributed by atoms with E-state index in [4.69, 9.17) is 28.9 Å². The normalized spacial score (nSPS) is 10.7. The molecule has 0 saturated heterocycles. The minimum absolute atomic E-state index is 0.110. The zero-order chi connectivity index (χ0) is 20.3. The van der Waals surface area contributed by atoms with Crippen molar-refractivity contribution in [3.05, 3.63) is 75.3 Å². The number of aromatic nitrogens is 3. The lowest BCUT2D eigenvalue weighted by Crippen LogP contribution is -2.30. The first-order chi connectivity index (χ1) is 13.4.